The van der Waals surface area contributed by atoms with E-state index in [4.69, 9.17) is 0 Å². The molecule has 3 N–H and O–H groups in total. The monoisotopic (exact) mass is 343 g/mol. The first kappa shape index (κ1) is 18.4. The van der Waals surface area contributed by atoms with E-state index in [9.17, 15) is 14.0 Å². The van der Waals surface area contributed by atoms with Crippen molar-refractivity contribution in [3.63, 3.8) is 0 Å². The van der Waals surface area contributed by atoms with Crippen LogP contribution in [0.15, 0.2) is 48.5 Å². The molecule has 0 aromatic heterocycles. The van der Waals surface area contributed by atoms with Gasteiger partial charge in [-0.2, -0.15) is 0 Å². The molecule has 2 rings (SSSR count). The van der Waals surface area contributed by atoms with Gasteiger partial charge in [-0.3, -0.25) is 4.79 Å². The normalized spacial score (nSPS) is 12.8. The highest BCUT2D eigenvalue weighted by Gasteiger charge is 2.13. The van der Waals surface area contributed by atoms with Gasteiger partial charge in [-0.25, -0.2) is 9.18 Å². The van der Waals surface area contributed by atoms with Crippen molar-refractivity contribution >= 4 is 17.6 Å². The zero-order valence-electron chi connectivity index (χ0n) is 14.5. The second-order valence-electron chi connectivity index (χ2n) is 5.92. The number of rotatable bonds is 5. The number of carbonyl (C=O) groups excluding carboxylic acids is 2. The van der Waals surface area contributed by atoms with Gasteiger partial charge in [-0.1, -0.05) is 24.3 Å². The van der Waals surface area contributed by atoms with Crippen LogP contribution in [-0.2, 0) is 4.79 Å². The number of urea groups is 1. The number of benzene rings is 2. The molecule has 132 valence electrons. The molecular formula is C19H22FN3O2. The molecule has 0 aliphatic carbocycles. The molecule has 0 aliphatic rings. The number of halogens is 1. The lowest BCUT2D eigenvalue weighted by atomic mass is 10.1. The summed E-state index contributed by atoms with van der Waals surface area (Å²) in [5.74, 6) is -0.492. The molecule has 0 spiro atoms. The Balaban J connectivity index is 1.96. The van der Waals surface area contributed by atoms with Crippen molar-refractivity contribution in [2.45, 2.75) is 32.9 Å². The Labute approximate surface area is 146 Å². The summed E-state index contributed by atoms with van der Waals surface area (Å²) in [6.07, 6.45) is 0. The Morgan fingerprint density at radius 3 is 2.04 bits per heavy atom. The lowest BCUT2D eigenvalue weighted by Gasteiger charge is -2.19. The van der Waals surface area contributed by atoms with Gasteiger partial charge in [0.25, 0.3) is 0 Å². The van der Waals surface area contributed by atoms with E-state index in [1.807, 2.05) is 25.1 Å². The minimum absolute atomic E-state index is 0.153. The van der Waals surface area contributed by atoms with Crippen molar-refractivity contribution in [2.24, 2.45) is 0 Å². The lowest BCUT2D eigenvalue weighted by Crippen LogP contribution is -2.38. The van der Waals surface area contributed by atoms with Gasteiger partial charge in [0.2, 0.25) is 5.91 Å². The van der Waals surface area contributed by atoms with Gasteiger partial charge in [0, 0.05) is 12.6 Å². The molecular weight excluding hydrogens is 321 g/mol. The number of hydrogen-bond acceptors (Lipinski definition) is 2. The SMILES string of the molecule is CC(=O)Nc1cccc([C@@H](C)NC(=O)N[C@H](C)c2cccc(F)c2)c1. The Morgan fingerprint density at radius 1 is 0.920 bits per heavy atom. The minimum atomic E-state index is -0.353. The van der Waals surface area contributed by atoms with E-state index >= 15 is 0 Å². The van der Waals surface area contributed by atoms with Crippen LogP contribution < -0.4 is 16.0 Å². The van der Waals surface area contributed by atoms with E-state index in [2.05, 4.69) is 16.0 Å². The molecule has 25 heavy (non-hydrogen) atoms. The van der Waals surface area contributed by atoms with E-state index in [1.165, 1.54) is 19.1 Å². The average Bonchev–Trinajstić information content (AvgIpc) is 2.54. The Kier molecular flexibility index (Phi) is 6.11. The van der Waals surface area contributed by atoms with Crippen LogP contribution >= 0.6 is 0 Å². The van der Waals surface area contributed by atoms with E-state index in [1.54, 1.807) is 25.1 Å². The van der Waals surface area contributed by atoms with E-state index in [0.717, 1.165) is 5.56 Å². The molecule has 5 nitrogen and oxygen atoms in total. The summed E-state index contributed by atoms with van der Waals surface area (Å²) in [5, 5.41) is 8.33. The minimum Gasteiger partial charge on any atom is -0.332 e. The van der Waals surface area contributed by atoms with Crippen molar-refractivity contribution in [1.82, 2.24) is 10.6 Å². The molecule has 0 radical (unpaired) electrons. The molecule has 2 atom stereocenters. The maximum absolute atomic E-state index is 13.3. The topological polar surface area (TPSA) is 70.2 Å². The fourth-order valence-electron chi connectivity index (χ4n) is 2.47. The predicted molar refractivity (Wildman–Crippen MR) is 95.6 cm³/mol. The number of carbonyl (C=O) groups is 2. The molecule has 0 saturated heterocycles. The third-order valence-electron chi connectivity index (χ3n) is 3.75. The van der Waals surface area contributed by atoms with Crippen molar-refractivity contribution in [1.29, 1.82) is 0 Å². The maximum Gasteiger partial charge on any atom is 0.315 e. The first-order chi connectivity index (χ1) is 11.8. The molecule has 0 heterocycles. The van der Waals surface area contributed by atoms with Crippen LogP contribution in [0.1, 0.15) is 44.0 Å². The molecule has 0 bridgehead atoms. The second-order valence-corrected chi connectivity index (χ2v) is 5.92. The molecule has 0 saturated carbocycles. The van der Waals surface area contributed by atoms with Gasteiger partial charge >= 0.3 is 6.03 Å². The highest BCUT2D eigenvalue weighted by molar-refractivity contribution is 5.88. The van der Waals surface area contributed by atoms with Crippen LogP contribution in [0, 0.1) is 5.82 Å². The van der Waals surface area contributed by atoms with Crippen LogP contribution in [0.2, 0.25) is 0 Å². The largest absolute Gasteiger partial charge is 0.332 e. The van der Waals surface area contributed by atoms with Crippen LogP contribution in [0.25, 0.3) is 0 Å². The fourth-order valence-corrected chi connectivity index (χ4v) is 2.47. The average molecular weight is 343 g/mol. The number of nitrogens with one attached hydrogen (secondary N) is 3. The first-order valence-electron chi connectivity index (χ1n) is 8.05. The molecule has 0 aliphatic heterocycles. The summed E-state index contributed by atoms with van der Waals surface area (Å²) < 4.78 is 13.3. The smallest absolute Gasteiger partial charge is 0.315 e. The zero-order valence-corrected chi connectivity index (χ0v) is 14.5. The summed E-state index contributed by atoms with van der Waals surface area (Å²) in [6, 6.07) is 12.5. The van der Waals surface area contributed by atoms with Gasteiger partial charge in [0.15, 0.2) is 0 Å². The summed E-state index contributed by atoms with van der Waals surface area (Å²) in [5.41, 5.74) is 2.22. The molecule has 6 heteroatoms. The molecule has 2 aromatic carbocycles. The number of anilines is 1. The highest BCUT2D eigenvalue weighted by atomic mass is 19.1. The van der Waals surface area contributed by atoms with Gasteiger partial charge in [-0.15, -0.1) is 0 Å². The number of hydrogen-bond donors (Lipinski definition) is 3. The van der Waals surface area contributed by atoms with Gasteiger partial charge in [0.05, 0.1) is 12.1 Å². The van der Waals surface area contributed by atoms with E-state index < -0.39 is 0 Å². The predicted octanol–water partition coefficient (Wildman–Crippen LogP) is 3.91. The zero-order chi connectivity index (χ0) is 18.4. The maximum atomic E-state index is 13.3. The molecule has 2 aromatic rings. The van der Waals surface area contributed by atoms with Crippen molar-refractivity contribution in [2.75, 3.05) is 5.32 Å². The van der Waals surface area contributed by atoms with Gasteiger partial charge in [-0.05, 0) is 49.2 Å². The van der Waals surface area contributed by atoms with Crippen LogP contribution in [0.3, 0.4) is 0 Å². The van der Waals surface area contributed by atoms with Crippen LogP contribution in [0.4, 0.5) is 14.9 Å². The van der Waals surface area contributed by atoms with E-state index in [0.29, 0.717) is 11.3 Å². The summed E-state index contributed by atoms with van der Waals surface area (Å²) >= 11 is 0. The van der Waals surface area contributed by atoms with Crippen molar-refractivity contribution in [3.05, 3.63) is 65.5 Å². The van der Waals surface area contributed by atoms with Gasteiger partial charge < -0.3 is 16.0 Å². The molecule has 3 amide bonds. The van der Waals surface area contributed by atoms with Crippen LogP contribution in [-0.4, -0.2) is 11.9 Å². The Hall–Kier alpha value is -2.89. The third kappa shape index (κ3) is 5.60. The molecule has 0 fully saturated rings. The lowest BCUT2D eigenvalue weighted by molar-refractivity contribution is -0.114. The van der Waals surface area contributed by atoms with Crippen molar-refractivity contribution < 1.29 is 14.0 Å². The summed E-state index contributed by atoms with van der Waals surface area (Å²) in [6.45, 7) is 5.07. The summed E-state index contributed by atoms with van der Waals surface area (Å²) in [7, 11) is 0. The Bertz CT molecular complexity index is 764. The fraction of sp³-hybridized carbons (Fsp3) is 0.263. The number of amides is 3. The first-order valence-corrected chi connectivity index (χ1v) is 8.05. The molecule has 0 unspecified atom stereocenters. The van der Waals surface area contributed by atoms with E-state index in [-0.39, 0.29) is 29.8 Å². The highest BCUT2D eigenvalue weighted by Crippen LogP contribution is 2.18. The quantitative estimate of drug-likeness (QED) is 0.770. The third-order valence-corrected chi connectivity index (χ3v) is 3.75. The van der Waals surface area contributed by atoms with Crippen LogP contribution in [0.5, 0.6) is 0 Å². The van der Waals surface area contributed by atoms with Crippen molar-refractivity contribution in [3.8, 4) is 0 Å². The second kappa shape index (κ2) is 8.28. The standard InChI is InChI=1S/C19H22FN3O2/c1-12(15-6-4-8-17(20)10-15)21-19(25)22-13(2)16-7-5-9-18(11-16)23-14(3)24/h4-13H,1-3H3,(H,23,24)(H2,21,22,25)/t12-,13-/m1/s1. The van der Waals surface area contributed by atoms with Gasteiger partial charge in [0.1, 0.15) is 5.82 Å². The summed E-state index contributed by atoms with van der Waals surface area (Å²) in [4.78, 5) is 23.3. The Morgan fingerprint density at radius 2 is 1.48 bits per heavy atom.